The van der Waals surface area contributed by atoms with Gasteiger partial charge in [0.25, 0.3) is 0 Å². The van der Waals surface area contributed by atoms with Gasteiger partial charge in [-0.2, -0.15) is 11.1 Å². The molecule has 0 radical (unpaired) electrons. The Morgan fingerprint density at radius 3 is 1.58 bits per heavy atom. The predicted octanol–water partition coefficient (Wildman–Crippen LogP) is 10.0. The van der Waals surface area contributed by atoms with E-state index in [-0.39, 0.29) is 0 Å². The van der Waals surface area contributed by atoms with Gasteiger partial charge in [0.1, 0.15) is 0 Å². The summed E-state index contributed by atoms with van der Waals surface area (Å²) in [5.41, 5.74) is 5.81. The first-order valence-electron chi connectivity index (χ1n) is 13.7. The van der Waals surface area contributed by atoms with Crippen LogP contribution in [0.5, 0.6) is 0 Å². The molecule has 0 fully saturated rings. The third-order valence-corrected chi connectivity index (χ3v) is 8.53. The average molecular weight is 572 g/mol. The van der Waals surface area contributed by atoms with Crippen molar-refractivity contribution in [2.45, 2.75) is 40.0 Å². The van der Waals surface area contributed by atoms with Crippen molar-refractivity contribution in [1.29, 1.82) is 0 Å². The SMILES string of the molecule is CCC1=C(CC)C(CC)[C-]=C1.[Zr+2]=[C](c1ccccc1)c1ccccc1.c1ccc2c(c1)[cH-]c1ccccc12. The van der Waals surface area contributed by atoms with Crippen molar-refractivity contribution in [3.63, 3.8) is 0 Å². The summed E-state index contributed by atoms with van der Waals surface area (Å²) in [5, 5.41) is 5.39. The summed E-state index contributed by atoms with van der Waals surface area (Å²) >= 11 is 1.46. The summed E-state index contributed by atoms with van der Waals surface area (Å²) in [6.07, 6.45) is 9.18. The second kappa shape index (κ2) is 14.2. The molecule has 0 saturated heterocycles. The summed E-state index contributed by atoms with van der Waals surface area (Å²) in [4.78, 5) is 0. The Balaban J connectivity index is 0.000000134. The molecule has 1 atom stereocenters. The van der Waals surface area contributed by atoms with E-state index in [0.717, 1.165) is 0 Å². The average Bonchev–Trinajstić information content (AvgIpc) is 3.59. The van der Waals surface area contributed by atoms with E-state index in [9.17, 15) is 0 Å². The zero-order valence-corrected chi connectivity index (χ0v) is 25.2. The smallest absolute Gasteiger partial charge is 0.0771 e. The third kappa shape index (κ3) is 6.89. The summed E-state index contributed by atoms with van der Waals surface area (Å²) in [6.45, 7) is 6.70. The number of hydrogen-bond acceptors (Lipinski definition) is 0. The minimum Gasteiger partial charge on any atom is -0.126 e. The van der Waals surface area contributed by atoms with E-state index in [4.69, 9.17) is 0 Å². The summed E-state index contributed by atoms with van der Waals surface area (Å²) in [6, 6.07) is 40.4. The molecule has 0 heterocycles. The van der Waals surface area contributed by atoms with Gasteiger partial charge in [-0.1, -0.05) is 82.3 Å². The molecule has 5 aromatic carbocycles. The number of hydrogen-bond donors (Lipinski definition) is 0. The first-order valence-corrected chi connectivity index (χ1v) is 14.9. The molecule has 1 heteroatoms. The summed E-state index contributed by atoms with van der Waals surface area (Å²) < 4.78 is 1.42. The van der Waals surface area contributed by atoms with Gasteiger partial charge in [0.05, 0.1) is 0 Å². The van der Waals surface area contributed by atoms with E-state index in [1.54, 1.807) is 5.57 Å². The van der Waals surface area contributed by atoms with Gasteiger partial charge < -0.3 is 0 Å². The van der Waals surface area contributed by atoms with Gasteiger partial charge in [-0.15, -0.1) is 39.7 Å². The second-order valence-electron chi connectivity index (χ2n) is 9.46. The molecule has 1 aliphatic rings. The number of fused-ring (bicyclic) bond motifs is 3. The molecular weight excluding hydrogens is 536 g/mol. The molecule has 38 heavy (non-hydrogen) atoms. The Labute approximate surface area is 243 Å². The van der Waals surface area contributed by atoms with Crippen LogP contribution in [0.25, 0.3) is 21.5 Å². The van der Waals surface area contributed by atoms with Crippen molar-refractivity contribution in [2.24, 2.45) is 5.92 Å². The zero-order valence-electron chi connectivity index (χ0n) is 22.7. The largest absolute Gasteiger partial charge is 0.126 e. The van der Waals surface area contributed by atoms with Crippen LogP contribution in [0.1, 0.15) is 51.2 Å². The van der Waals surface area contributed by atoms with Crippen LogP contribution in [0.2, 0.25) is 0 Å². The monoisotopic (exact) mass is 570 g/mol. The Bertz CT molecular complexity index is 1420. The standard InChI is InChI=1S/C13H9.C13H10.C11H17.Zr/c1-3-7-12-10(5-1)9-11-6-2-4-8-13(11)12;1-3-7-12(8-4-1)11-13-9-5-2-6-10-13;1-4-9-7-8-10(5-2)11(9)6-3;/h1-9H;1-10H;7,10H,4-6H2,1-3H3;/q-1;;-1;+2. The Morgan fingerprint density at radius 2 is 1.13 bits per heavy atom. The van der Waals surface area contributed by atoms with E-state index in [0.29, 0.717) is 5.92 Å². The molecule has 0 spiro atoms. The Morgan fingerprint density at radius 1 is 0.658 bits per heavy atom. The molecule has 0 amide bonds. The summed E-state index contributed by atoms with van der Waals surface area (Å²) in [5.74, 6) is 0.634. The molecule has 188 valence electrons. The van der Waals surface area contributed by atoms with Crippen LogP contribution >= 0.6 is 0 Å². The van der Waals surface area contributed by atoms with Gasteiger partial charge >= 0.3 is 99.2 Å². The van der Waals surface area contributed by atoms with Crippen molar-refractivity contribution in [2.75, 3.05) is 0 Å². The zero-order chi connectivity index (χ0) is 26.7. The second-order valence-corrected chi connectivity index (χ2v) is 10.7. The molecule has 1 aliphatic carbocycles. The number of allylic oxidation sites excluding steroid dienone is 4. The van der Waals surface area contributed by atoms with Crippen LogP contribution in [0, 0.1) is 12.0 Å². The molecule has 6 rings (SSSR count). The Hall–Kier alpha value is -3.02. The molecule has 0 bridgehead atoms. The first-order chi connectivity index (χ1) is 18.7. The van der Waals surface area contributed by atoms with Crippen LogP contribution in [-0.4, -0.2) is 3.21 Å². The van der Waals surface area contributed by atoms with Crippen LogP contribution in [0.3, 0.4) is 0 Å². The van der Waals surface area contributed by atoms with Gasteiger partial charge in [0.15, 0.2) is 0 Å². The van der Waals surface area contributed by atoms with Gasteiger partial charge in [0.2, 0.25) is 0 Å². The molecule has 0 N–H and O–H groups in total. The van der Waals surface area contributed by atoms with Crippen LogP contribution in [-0.2, 0) is 24.2 Å². The minimum atomic E-state index is 0.634. The predicted molar refractivity (Wildman–Crippen MR) is 162 cm³/mol. The van der Waals surface area contributed by atoms with Crippen LogP contribution in [0.4, 0.5) is 0 Å². The van der Waals surface area contributed by atoms with Crippen molar-refractivity contribution < 1.29 is 24.2 Å². The first kappa shape index (κ1) is 28.0. The van der Waals surface area contributed by atoms with E-state index in [1.807, 2.05) is 0 Å². The van der Waals surface area contributed by atoms with E-state index < -0.39 is 0 Å². The Kier molecular flexibility index (Phi) is 10.5. The molecular formula is C37H36Zr. The van der Waals surface area contributed by atoms with Crippen LogP contribution in [0.15, 0.2) is 132 Å². The molecule has 0 saturated carbocycles. The van der Waals surface area contributed by atoms with Gasteiger partial charge in [0, 0.05) is 0 Å². The van der Waals surface area contributed by atoms with Crippen molar-refractivity contribution >= 4 is 24.8 Å². The van der Waals surface area contributed by atoms with Crippen molar-refractivity contribution in [3.8, 4) is 0 Å². The van der Waals surface area contributed by atoms with Crippen molar-refractivity contribution in [3.05, 3.63) is 150 Å². The minimum absolute atomic E-state index is 0.634. The quantitative estimate of drug-likeness (QED) is 0.184. The number of benzene rings is 4. The van der Waals surface area contributed by atoms with Crippen LogP contribution < -0.4 is 0 Å². The fourth-order valence-electron chi connectivity index (χ4n) is 5.07. The topological polar surface area (TPSA) is 0 Å². The van der Waals surface area contributed by atoms with Crippen molar-refractivity contribution in [1.82, 2.24) is 0 Å². The van der Waals surface area contributed by atoms with Gasteiger partial charge in [-0.25, -0.2) is 6.08 Å². The molecule has 0 aliphatic heterocycles. The maximum Gasteiger partial charge on any atom is -0.0771 e. The maximum absolute atomic E-state index is 3.41. The normalized spacial score (nSPS) is 14.2. The molecule has 0 nitrogen and oxygen atoms in total. The number of rotatable bonds is 5. The molecule has 0 aromatic heterocycles. The fraction of sp³-hybridized carbons (Fsp3) is 0.189. The molecule has 1 unspecified atom stereocenters. The van der Waals surface area contributed by atoms with E-state index in [2.05, 4.69) is 148 Å². The van der Waals surface area contributed by atoms with Gasteiger partial charge in [-0.05, 0) is 0 Å². The van der Waals surface area contributed by atoms with E-state index >= 15 is 0 Å². The van der Waals surface area contributed by atoms with E-state index in [1.165, 1.54) is 84.9 Å². The summed E-state index contributed by atoms with van der Waals surface area (Å²) in [7, 11) is 0. The van der Waals surface area contributed by atoms with Gasteiger partial charge in [-0.3, -0.25) is 6.08 Å². The maximum atomic E-state index is 3.41. The third-order valence-electron chi connectivity index (χ3n) is 7.11. The molecule has 5 aromatic rings. The fourth-order valence-corrected chi connectivity index (χ4v) is 5.88.